The van der Waals surface area contributed by atoms with Crippen molar-refractivity contribution in [1.29, 1.82) is 0 Å². The molecular weight excluding hydrogens is 382 g/mol. The summed E-state index contributed by atoms with van der Waals surface area (Å²) in [6.45, 7) is 1.94. The number of halogens is 2. The minimum absolute atomic E-state index is 0.178. The van der Waals surface area contributed by atoms with Crippen molar-refractivity contribution < 1.29 is 23.0 Å². The van der Waals surface area contributed by atoms with E-state index in [4.69, 9.17) is 15.2 Å². The van der Waals surface area contributed by atoms with Crippen molar-refractivity contribution in [3.63, 3.8) is 0 Å². The third-order valence-corrected chi connectivity index (χ3v) is 4.34. The van der Waals surface area contributed by atoms with Crippen molar-refractivity contribution in [2.75, 3.05) is 20.3 Å². The fourth-order valence-corrected chi connectivity index (χ4v) is 2.94. The lowest BCUT2D eigenvalue weighted by Crippen LogP contribution is -2.40. The highest BCUT2D eigenvalue weighted by Gasteiger charge is 2.20. The summed E-state index contributed by atoms with van der Waals surface area (Å²) in [5, 5.41) is 2.75. The molecule has 0 spiro atoms. The SMILES string of the molecule is COCC(N)CNC(=O)c1c(C)nc2c(OCc3c(F)cccc3F)cccn12. The molecule has 154 valence electrons. The molecule has 0 bridgehead atoms. The van der Waals surface area contributed by atoms with Gasteiger partial charge >= 0.3 is 0 Å². The van der Waals surface area contributed by atoms with Crippen molar-refractivity contribution in [2.45, 2.75) is 19.6 Å². The maximum absolute atomic E-state index is 13.8. The second-order valence-electron chi connectivity index (χ2n) is 6.53. The van der Waals surface area contributed by atoms with Gasteiger partial charge < -0.3 is 20.5 Å². The van der Waals surface area contributed by atoms with Crippen LogP contribution in [0.3, 0.4) is 0 Å². The highest BCUT2D eigenvalue weighted by Crippen LogP contribution is 2.24. The number of rotatable bonds is 8. The van der Waals surface area contributed by atoms with Gasteiger partial charge in [0.15, 0.2) is 11.4 Å². The van der Waals surface area contributed by atoms with E-state index >= 15 is 0 Å². The zero-order valence-electron chi connectivity index (χ0n) is 16.1. The first-order valence-corrected chi connectivity index (χ1v) is 8.98. The summed E-state index contributed by atoms with van der Waals surface area (Å²) in [4.78, 5) is 17.0. The topological polar surface area (TPSA) is 90.9 Å². The summed E-state index contributed by atoms with van der Waals surface area (Å²) in [7, 11) is 1.53. The van der Waals surface area contributed by atoms with Crippen molar-refractivity contribution >= 4 is 11.6 Å². The number of aromatic nitrogens is 2. The van der Waals surface area contributed by atoms with Gasteiger partial charge in [-0.25, -0.2) is 13.8 Å². The molecule has 3 aromatic rings. The lowest BCUT2D eigenvalue weighted by Gasteiger charge is -2.12. The fraction of sp³-hybridized carbons (Fsp3) is 0.300. The Kier molecular flexibility index (Phi) is 6.40. The van der Waals surface area contributed by atoms with Crippen LogP contribution in [-0.2, 0) is 11.3 Å². The van der Waals surface area contributed by atoms with Crippen molar-refractivity contribution in [1.82, 2.24) is 14.7 Å². The van der Waals surface area contributed by atoms with Gasteiger partial charge in [-0.1, -0.05) is 6.07 Å². The monoisotopic (exact) mass is 404 g/mol. The zero-order chi connectivity index (χ0) is 21.0. The number of aryl methyl sites for hydroxylation is 1. The Morgan fingerprint density at radius 3 is 2.69 bits per heavy atom. The Balaban J connectivity index is 1.83. The van der Waals surface area contributed by atoms with Crippen LogP contribution in [0.4, 0.5) is 8.78 Å². The number of methoxy groups -OCH3 is 1. The number of nitrogens with one attached hydrogen (secondary N) is 1. The molecule has 29 heavy (non-hydrogen) atoms. The second-order valence-corrected chi connectivity index (χ2v) is 6.53. The van der Waals surface area contributed by atoms with Crippen LogP contribution in [-0.4, -0.2) is 41.6 Å². The van der Waals surface area contributed by atoms with Crippen LogP contribution in [0.1, 0.15) is 21.7 Å². The van der Waals surface area contributed by atoms with E-state index in [2.05, 4.69) is 10.3 Å². The number of amides is 1. The Morgan fingerprint density at radius 1 is 1.28 bits per heavy atom. The van der Waals surface area contributed by atoms with Crippen LogP contribution in [0.5, 0.6) is 5.75 Å². The van der Waals surface area contributed by atoms with Crippen LogP contribution in [0.25, 0.3) is 5.65 Å². The maximum atomic E-state index is 13.8. The van der Waals surface area contributed by atoms with Gasteiger partial charge in [0.05, 0.1) is 17.9 Å². The molecule has 0 aliphatic rings. The van der Waals surface area contributed by atoms with E-state index in [1.165, 1.54) is 25.3 Å². The van der Waals surface area contributed by atoms with Gasteiger partial charge in [-0.2, -0.15) is 0 Å². The minimum atomic E-state index is -0.691. The van der Waals surface area contributed by atoms with E-state index in [0.29, 0.717) is 29.4 Å². The van der Waals surface area contributed by atoms with Crippen LogP contribution in [0.15, 0.2) is 36.5 Å². The Bertz CT molecular complexity index is 1000. The zero-order valence-corrected chi connectivity index (χ0v) is 16.1. The van der Waals surface area contributed by atoms with Gasteiger partial charge in [-0.3, -0.25) is 9.20 Å². The molecule has 9 heteroatoms. The number of hydrogen-bond donors (Lipinski definition) is 2. The number of ether oxygens (including phenoxy) is 2. The molecule has 1 aromatic carbocycles. The molecule has 1 atom stereocenters. The Morgan fingerprint density at radius 2 is 2.00 bits per heavy atom. The summed E-state index contributed by atoms with van der Waals surface area (Å²) >= 11 is 0. The van der Waals surface area contributed by atoms with E-state index in [9.17, 15) is 13.6 Å². The summed E-state index contributed by atoms with van der Waals surface area (Å²) in [5.74, 6) is -1.43. The Hall–Kier alpha value is -3.04. The molecule has 1 amide bonds. The predicted molar refractivity (Wildman–Crippen MR) is 103 cm³/mol. The highest BCUT2D eigenvalue weighted by atomic mass is 19.1. The summed E-state index contributed by atoms with van der Waals surface area (Å²) in [5.41, 5.74) is 6.84. The molecule has 0 saturated heterocycles. The number of nitrogens with zero attached hydrogens (tertiary/aromatic N) is 2. The molecule has 0 aliphatic carbocycles. The highest BCUT2D eigenvalue weighted by molar-refractivity contribution is 5.95. The van der Waals surface area contributed by atoms with Gasteiger partial charge in [0.1, 0.15) is 23.9 Å². The third-order valence-electron chi connectivity index (χ3n) is 4.34. The van der Waals surface area contributed by atoms with Crippen LogP contribution < -0.4 is 15.8 Å². The van der Waals surface area contributed by atoms with Crippen LogP contribution in [0.2, 0.25) is 0 Å². The average molecular weight is 404 g/mol. The average Bonchev–Trinajstić information content (AvgIpc) is 3.02. The smallest absolute Gasteiger partial charge is 0.270 e. The first kappa shape index (κ1) is 20.7. The number of fused-ring (bicyclic) bond motifs is 1. The number of carbonyl (C=O) groups excluding carboxylic acids is 1. The van der Waals surface area contributed by atoms with Gasteiger partial charge in [0, 0.05) is 25.9 Å². The van der Waals surface area contributed by atoms with Gasteiger partial charge in [-0.05, 0) is 31.2 Å². The van der Waals surface area contributed by atoms with E-state index in [0.717, 1.165) is 0 Å². The van der Waals surface area contributed by atoms with E-state index in [-0.39, 0.29) is 30.7 Å². The second kappa shape index (κ2) is 8.97. The lowest BCUT2D eigenvalue weighted by molar-refractivity contribution is 0.0937. The molecule has 1 unspecified atom stereocenters. The molecule has 3 N–H and O–H groups in total. The molecule has 0 saturated carbocycles. The number of hydrogen-bond acceptors (Lipinski definition) is 5. The number of carbonyl (C=O) groups is 1. The first-order chi connectivity index (χ1) is 13.9. The van der Waals surface area contributed by atoms with Crippen molar-refractivity contribution in [2.24, 2.45) is 5.73 Å². The van der Waals surface area contributed by atoms with Gasteiger partial charge in [-0.15, -0.1) is 0 Å². The molecule has 2 aromatic heterocycles. The van der Waals surface area contributed by atoms with Gasteiger partial charge in [0.25, 0.3) is 5.91 Å². The Labute approximate surface area is 166 Å². The third kappa shape index (κ3) is 4.52. The molecular formula is C20H22F2N4O3. The normalized spacial score (nSPS) is 12.2. The van der Waals surface area contributed by atoms with Crippen LogP contribution in [0, 0.1) is 18.6 Å². The lowest BCUT2D eigenvalue weighted by atomic mass is 10.2. The largest absolute Gasteiger partial charge is 0.485 e. The minimum Gasteiger partial charge on any atom is -0.485 e. The number of benzene rings is 1. The van der Waals surface area contributed by atoms with E-state index < -0.39 is 11.6 Å². The molecule has 0 fully saturated rings. The molecule has 0 aliphatic heterocycles. The summed E-state index contributed by atoms with van der Waals surface area (Å²) in [6.07, 6.45) is 1.66. The molecule has 2 heterocycles. The standard InChI is InChI=1S/C20H22F2N4O3/c1-12-18(20(27)24-9-13(23)10-28-2)26-8-4-7-17(19(26)25-12)29-11-14-15(21)5-3-6-16(14)22/h3-8,13H,9-11,23H2,1-2H3,(H,24,27). The summed E-state index contributed by atoms with van der Waals surface area (Å²) < 4.78 is 39.8. The van der Waals surface area contributed by atoms with E-state index in [1.807, 2.05) is 0 Å². The van der Waals surface area contributed by atoms with Crippen LogP contribution >= 0.6 is 0 Å². The number of pyridine rings is 1. The van der Waals surface area contributed by atoms with Gasteiger partial charge in [0.2, 0.25) is 0 Å². The summed E-state index contributed by atoms with van der Waals surface area (Å²) in [6, 6.07) is 6.57. The molecule has 7 nitrogen and oxygen atoms in total. The van der Waals surface area contributed by atoms with E-state index in [1.54, 1.807) is 29.7 Å². The number of imidazole rings is 1. The maximum Gasteiger partial charge on any atom is 0.270 e. The quantitative estimate of drug-likeness (QED) is 0.601. The first-order valence-electron chi connectivity index (χ1n) is 8.98. The number of nitrogens with two attached hydrogens (primary N) is 1. The van der Waals surface area contributed by atoms with Crippen molar-refractivity contribution in [3.05, 3.63) is 65.1 Å². The molecule has 0 radical (unpaired) electrons. The fourth-order valence-electron chi connectivity index (χ4n) is 2.94. The predicted octanol–water partition coefficient (Wildman–Crippen LogP) is 2.20. The molecule has 3 rings (SSSR count). The van der Waals surface area contributed by atoms with Crippen molar-refractivity contribution in [3.8, 4) is 5.75 Å².